The van der Waals surface area contributed by atoms with Gasteiger partial charge in [0.05, 0.1) is 6.04 Å². The highest BCUT2D eigenvalue weighted by atomic mass is 19.1. The SMILES string of the molecule is CC(NC(=O)O)C(C)Oc1ccc(Oc2ccc(F)cc2)cc1. The minimum Gasteiger partial charge on any atom is -0.489 e. The lowest BCUT2D eigenvalue weighted by molar-refractivity contribution is 0.156. The molecule has 2 rings (SSSR count). The summed E-state index contributed by atoms with van der Waals surface area (Å²) in [5, 5.41) is 11.0. The van der Waals surface area contributed by atoms with Gasteiger partial charge in [-0.1, -0.05) is 0 Å². The van der Waals surface area contributed by atoms with Gasteiger partial charge < -0.3 is 19.9 Å². The molecule has 2 N–H and O–H groups in total. The number of carboxylic acid groups (broad SMARTS) is 1. The number of benzene rings is 2. The Hall–Kier alpha value is -2.76. The summed E-state index contributed by atoms with van der Waals surface area (Å²) in [7, 11) is 0. The average molecular weight is 319 g/mol. The summed E-state index contributed by atoms with van der Waals surface area (Å²) in [4.78, 5) is 10.6. The van der Waals surface area contributed by atoms with Gasteiger partial charge in [-0.25, -0.2) is 9.18 Å². The van der Waals surface area contributed by atoms with Crippen molar-refractivity contribution >= 4 is 6.09 Å². The number of hydrogen-bond acceptors (Lipinski definition) is 3. The van der Waals surface area contributed by atoms with E-state index in [1.807, 2.05) is 0 Å². The number of ether oxygens (including phenoxy) is 2. The van der Waals surface area contributed by atoms with Gasteiger partial charge in [0.25, 0.3) is 0 Å². The van der Waals surface area contributed by atoms with Crippen LogP contribution in [0.2, 0.25) is 0 Å². The van der Waals surface area contributed by atoms with Crippen molar-refractivity contribution in [1.82, 2.24) is 5.32 Å². The van der Waals surface area contributed by atoms with Crippen molar-refractivity contribution in [3.05, 3.63) is 54.3 Å². The second-order valence-corrected chi connectivity index (χ2v) is 5.09. The molecule has 0 aromatic heterocycles. The van der Waals surface area contributed by atoms with Gasteiger partial charge in [-0.05, 0) is 62.4 Å². The van der Waals surface area contributed by atoms with E-state index < -0.39 is 6.09 Å². The molecule has 2 atom stereocenters. The standard InChI is InChI=1S/C17H18FNO4/c1-11(19-17(20)21)12(2)22-14-7-9-16(10-8-14)23-15-5-3-13(18)4-6-15/h3-12,19H,1-2H3,(H,20,21). The minimum atomic E-state index is -1.09. The Bertz CT molecular complexity index is 643. The first-order valence-electron chi connectivity index (χ1n) is 7.13. The van der Waals surface area contributed by atoms with E-state index in [4.69, 9.17) is 14.6 Å². The first kappa shape index (κ1) is 16.6. The summed E-state index contributed by atoms with van der Waals surface area (Å²) in [6.07, 6.45) is -1.41. The minimum absolute atomic E-state index is 0.320. The lowest BCUT2D eigenvalue weighted by Crippen LogP contribution is -2.41. The normalized spacial score (nSPS) is 13.0. The predicted octanol–water partition coefficient (Wildman–Crippen LogP) is 4.04. The lowest BCUT2D eigenvalue weighted by atomic mass is 10.2. The number of carbonyl (C=O) groups is 1. The number of amides is 1. The van der Waals surface area contributed by atoms with E-state index in [2.05, 4.69) is 5.32 Å². The molecule has 2 aromatic rings. The van der Waals surface area contributed by atoms with Crippen LogP contribution in [0.4, 0.5) is 9.18 Å². The van der Waals surface area contributed by atoms with Crippen LogP contribution in [-0.4, -0.2) is 23.3 Å². The molecule has 2 unspecified atom stereocenters. The summed E-state index contributed by atoms with van der Waals surface area (Å²) in [6, 6.07) is 12.3. The van der Waals surface area contributed by atoms with Crippen molar-refractivity contribution in [2.75, 3.05) is 0 Å². The lowest BCUT2D eigenvalue weighted by Gasteiger charge is -2.21. The fourth-order valence-corrected chi connectivity index (χ4v) is 1.85. The third-order valence-corrected chi connectivity index (χ3v) is 3.25. The zero-order chi connectivity index (χ0) is 16.8. The third kappa shape index (κ3) is 5.18. The van der Waals surface area contributed by atoms with Crippen LogP contribution in [0.3, 0.4) is 0 Å². The highest BCUT2D eigenvalue weighted by Crippen LogP contribution is 2.24. The Kier molecular flexibility index (Phi) is 5.41. The Labute approximate surface area is 133 Å². The molecule has 0 radical (unpaired) electrons. The predicted molar refractivity (Wildman–Crippen MR) is 83.6 cm³/mol. The van der Waals surface area contributed by atoms with Gasteiger partial charge in [0.1, 0.15) is 29.2 Å². The van der Waals surface area contributed by atoms with Gasteiger partial charge in [-0.3, -0.25) is 0 Å². The zero-order valence-corrected chi connectivity index (χ0v) is 12.8. The first-order chi connectivity index (χ1) is 10.9. The molecule has 0 aliphatic rings. The van der Waals surface area contributed by atoms with Crippen LogP contribution in [0, 0.1) is 5.82 Å². The molecule has 1 amide bonds. The Morgan fingerprint density at radius 2 is 1.48 bits per heavy atom. The third-order valence-electron chi connectivity index (χ3n) is 3.25. The van der Waals surface area contributed by atoms with Gasteiger partial charge in [0.15, 0.2) is 0 Å². The molecule has 0 fully saturated rings. The van der Waals surface area contributed by atoms with Crippen LogP contribution in [-0.2, 0) is 0 Å². The Morgan fingerprint density at radius 3 is 2.00 bits per heavy atom. The van der Waals surface area contributed by atoms with Gasteiger partial charge in [0.2, 0.25) is 0 Å². The van der Waals surface area contributed by atoms with Crippen molar-refractivity contribution in [3.8, 4) is 17.2 Å². The molecule has 0 heterocycles. The maximum atomic E-state index is 12.8. The topological polar surface area (TPSA) is 67.8 Å². The maximum Gasteiger partial charge on any atom is 0.404 e. The maximum absolute atomic E-state index is 12.8. The number of nitrogens with one attached hydrogen (secondary N) is 1. The molecule has 6 heteroatoms. The smallest absolute Gasteiger partial charge is 0.404 e. The van der Waals surface area contributed by atoms with Crippen LogP contribution in [0.25, 0.3) is 0 Å². The Balaban J connectivity index is 1.93. The molecule has 122 valence electrons. The van der Waals surface area contributed by atoms with Crippen molar-refractivity contribution < 1.29 is 23.8 Å². The van der Waals surface area contributed by atoms with E-state index in [1.165, 1.54) is 12.1 Å². The van der Waals surface area contributed by atoms with Crippen LogP contribution in [0.5, 0.6) is 17.2 Å². The van der Waals surface area contributed by atoms with Crippen molar-refractivity contribution in [3.63, 3.8) is 0 Å². The molecular weight excluding hydrogens is 301 g/mol. The van der Waals surface area contributed by atoms with E-state index in [-0.39, 0.29) is 18.0 Å². The summed E-state index contributed by atoms with van der Waals surface area (Å²) < 4.78 is 24.1. The van der Waals surface area contributed by atoms with E-state index >= 15 is 0 Å². The van der Waals surface area contributed by atoms with E-state index in [1.54, 1.807) is 50.2 Å². The largest absolute Gasteiger partial charge is 0.489 e. The monoisotopic (exact) mass is 319 g/mol. The van der Waals surface area contributed by atoms with Crippen LogP contribution < -0.4 is 14.8 Å². The molecule has 0 aliphatic heterocycles. The molecular formula is C17H18FNO4. The van der Waals surface area contributed by atoms with Crippen LogP contribution >= 0.6 is 0 Å². The summed E-state index contributed by atoms with van der Waals surface area (Å²) in [5.74, 6) is 1.41. The summed E-state index contributed by atoms with van der Waals surface area (Å²) >= 11 is 0. The number of hydrogen-bond donors (Lipinski definition) is 2. The Morgan fingerprint density at radius 1 is 1.00 bits per heavy atom. The molecule has 0 aliphatic carbocycles. The van der Waals surface area contributed by atoms with Crippen molar-refractivity contribution in [2.45, 2.75) is 26.0 Å². The molecule has 0 bridgehead atoms. The quantitative estimate of drug-likeness (QED) is 0.843. The second kappa shape index (κ2) is 7.49. The second-order valence-electron chi connectivity index (χ2n) is 5.09. The summed E-state index contributed by atoms with van der Waals surface area (Å²) in [5.41, 5.74) is 0. The number of rotatable bonds is 6. The van der Waals surface area contributed by atoms with E-state index in [0.29, 0.717) is 17.2 Å². The molecule has 23 heavy (non-hydrogen) atoms. The molecule has 0 saturated carbocycles. The number of halogens is 1. The van der Waals surface area contributed by atoms with Gasteiger partial charge in [-0.2, -0.15) is 0 Å². The fourth-order valence-electron chi connectivity index (χ4n) is 1.85. The van der Waals surface area contributed by atoms with Gasteiger partial charge in [0, 0.05) is 0 Å². The highest BCUT2D eigenvalue weighted by Gasteiger charge is 2.15. The van der Waals surface area contributed by atoms with E-state index in [0.717, 1.165) is 0 Å². The summed E-state index contributed by atoms with van der Waals surface area (Å²) in [6.45, 7) is 3.51. The molecule has 0 saturated heterocycles. The molecule has 5 nitrogen and oxygen atoms in total. The van der Waals surface area contributed by atoms with Gasteiger partial charge in [-0.15, -0.1) is 0 Å². The fraction of sp³-hybridized carbons (Fsp3) is 0.235. The van der Waals surface area contributed by atoms with Gasteiger partial charge >= 0.3 is 6.09 Å². The first-order valence-corrected chi connectivity index (χ1v) is 7.13. The van der Waals surface area contributed by atoms with Crippen LogP contribution in [0.15, 0.2) is 48.5 Å². The highest BCUT2D eigenvalue weighted by molar-refractivity contribution is 5.64. The zero-order valence-electron chi connectivity index (χ0n) is 12.8. The van der Waals surface area contributed by atoms with Crippen molar-refractivity contribution in [2.24, 2.45) is 0 Å². The molecule has 2 aromatic carbocycles. The average Bonchev–Trinajstić information content (AvgIpc) is 2.51. The van der Waals surface area contributed by atoms with Crippen molar-refractivity contribution in [1.29, 1.82) is 0 Å². The van der Waals surface area contributed by atoms with Crippen LogP contribution in [0.1, 0.15) is 13.8 Å². The molecule has 0 spiro atoms. The van der Waals surface area contributed by atoms with E-state index in [9.17, 15) is 9.18 Å².